The molecule has 0 bridgehead atoms. The molecule has 0 aliphatic carbocycles. The first-order chi connectivity index (χ1) is 11.7. The number of aromatic nitrogens is 1. The highest BCUT2D eigenvalue weighted by Crippen LogP contribution is 2.39. The normalized spacial score (nSPS) is 12.4. The van der Waals surface area contributed by atoms with Crippen molar-refractivity contribution in [3.8, 4) is 11.5 Å². The Balaban J connectivity index is 1.51. The van der Waals surface area contributed by atoms with Crippen molar-refractivity contribution in [2.45, 2.75) is 6.54 Å². The van der Waals surface area contributed by atoms with Crippen molar-refractivity contribution in [1.82, 2.24) is 10.3 Å². The number of hydrogen-bond acceptors (Lipinski definition) is 4. The number of ether oxygens (including phenoxy) is 2. The lowest BCUT2D eigenvalue weighted by Gasteiger charge is -2.08. The molecule has 0 radical (unpaired) electrons. The molecule has 1 amide bonds. The van der Waals surface area contributed by atoms with Gasteiger partial charge in [0.25, 0.3) is 5.91 Å². The summed E-state index contributed by atoms with van der Waals surface area (Å²) in [5, 5.41) is 3.89. The maximum absolute atomic E-state index is 12.3. The molecule has 0 saturated carbocycles. The molecule has 6 heteroatoms. The summed E-state index contributed by atoms with van der Waals surface area (Å²) in [5.74, 6) is 1.16. The van der Waals surface area contributed by atoms with Gasteiger partial charge in [-0.3, -0.25) is 4.79 Å². The molecule has 1 aliphatic rings. The third-order valence-corrected chi connectivity index (χ3v) is 4.36. The largest absolute Gasteiger partial charge is 0.454 e. The van der Waals surface area contributed by atoms with Gasteiger partial charge >= 0.3 is 0 Å². The van der Waals surface area contributed by atoms with Gasteiger partial charge in [-0.25, -0.2) is 4.98 Å². The number of nitrogens with zero attached hydrogens (tertiary/aromatic N) is 1. The van der Waals surface area contributed by atoms with E-state index in [1.807, 2.05) is 42.5 Å². The number of fused-ring (bicyclic) bond motifs is 2. The first-order valence-corrected chi connectivity index (χ1v) is 8.22. The monoisotopic (exact) mass is 384 g/mol. The quantitative estimate of drug-likeness (QED) is 0.748. The molecule has 120 valence electrons. The minimum absolute atomic E-state index is 0.213. The maximum atomic E-state index is 12.3. The van der Waals surface area contributed by atoms with E-state index in [-0.39, 0.29) is 12.7 Å². The lowest BCUT2D eigenvalue weighted by molar-refractivity contribution is 0.0946. The zero-order chi connectivity index (χ0) is 16.5. The predicted molar refractivity (Wildman–Crippen MR) is 93.2 cm³/mol. The highest BCUT2D eigenvalue weighted by atomic mass is 79.9. The van der Waals surface area contributed by atoms with Gasteiger partial charge < -0.3 is 14.8 Å². The van der Waals surface area contributed by atoms with E-state index in [1.165, 1.54) is 0 Å². The van der Waals surface area contributed by atoms with Crippen LogP contribution in [0.25, 0.3) is 10.9 Å². The number of pyridine rings is 1. The molecule has 4 rings (SSSR count). The summed E-state index contributed by atoms with van der Waals surface area (Å²) in [7, 11) is 0. The van der Waals surface area contributed by atoms with Crippen LogP contribution in [0.2, 0.25) is 0 Å². The van der Waals surface area contributed by atoms with Crippen LogP contribution in [-0.4, -0.2) is 17.7 Å². The fourth-order valence-electron chi connectivity index (χ4n) is 2.59. The van der Waals surface area contributed by atoms with Crippen molar-refractivity contribution in [3.05, 3.63) is 64.3 Å². The summed E-state index contributed by atoms with van der Waals surface area (Å²) in [4.78, 5) is 16.7. The standard InChI is InChI=1S/C18H13BrN2O3/c19-13-7-11(8-16-17(13)24-10-23-16)9-20-18(22)15-6-5-12-3-1-2-4-14(12)21-15/h1-8H,9-10H2,(H,20,22). The van der Waals surface area contributed by atoms with Crippen LogP contribution >= 0.6 is 15.9 Å². The maximum Gasteiger partial charge on any atom is 0.270 e. The van der Waals surface area contributed by atoms with E-state index in [2.05, 4.69) is 26.2 Å². The fourth-order valence-corrected chi connectivity index (χ4v) is 3.19. The second kappa shape index (κ2) is 6.13. The van der Waals surface area contributed by atoms with Crippen LogP contribution in [0.15, 0.2) is 53.0 Å². The Labute approximate surface area is 146 Å². The molecule has 0 unspecified atom stereocenters. The Morgan fingerprint density at radius 1 is 1.17 bits per heavy atom. The molecule has 0 fully saturated rings. The molecule has 24 heavy (non-hydrogen) atoms. The van der Waals surface area contributed by atoms with Gasteiger partial charge in [0.05, 0.1) is 9.99 Å². The van der Waals surface area contributed by atoms with Crippen LogP contribution in [0.3, 0.4) is 0 Å². The molecule has 5 nitrogen and oxygen atoms in total. The predicted octanol–water partition coefficient (Wildman–Crippen LogP) is 3.66. The Hall–Kier alpha value is -2.60. The van der Waals surface area contributed by atoms with Gasteiger partial charge in [0.1, 0.15) is 5.69 Å². The van der Waals surface area contributed by atoms with Crippen molar-refractivity contribution >= 4 is 32.7 Å². The highest BCUT2D eigenvalue weighted by molar-refractivity contribution is 9.10. The summed E-state index contributed by atoms with van der Waals surface area (Å²) < 4.78 is 11.5. The number of rotatable bonds is 3. The van der Waals surface area contributed by atoms with E-state index >= 15 is 0 Å². The van der Waals surface area contributed by atoms with Gasteiger partial charge in [-0.05, 0) is 45.8 Å². The lowest BCUT2D eigenvalue weighted by atomic mass is 10.2. The highest BCUT2D eigenvalue weighted by Gasteiger charge is 2.18. The van der Waals surface area contributed by atoms with E-state index in [9.17, 15) is 4.79 Å². The molecule has 0 spiro atoms. The minimum Gasteiger partial charge on any atom is -0.454 e. The molecule has 3 aromatic rings. The molecule has 1 N–H and O–H groups in total. The van der Waals surface area contributed by atoms with Crippen molar-refractivity contribution in [1.29, 1.82) is 0 Å². The van der Waals surface area contributed by atoms with E-state index in [0.29, 0.717) is 23.7 Å². The molecular formula is C18H13BrN2O3. The number of benzene rings is 2. The number of para-hydroxylation sites is 1. The first kappa shape index (κ1) is 15.0. The zero-order valence-electron chi connectivity index (χ0n) is 12.6. The Kier molecular flexibility index (Phi) is 3.82. The molecular weight excluding hydrogens is 372 g/mol. The number of carbonyl (C=O) groups excluding carboxylic acids is 1. The SMILES string of the molecule is O=C(NCc1cc(Br)c2c(c1)OCO2)c1ccc2ccccc2n1. The van der Waals surface area contributed by atoms with Crippen LogP contribution < -0.4 is 14.8 Å². The Morgan fingerprint density at radius 3 is 2.96 bits per heavy atom. The third-order valence-electron chi connectivity index (χ3n) is 3.77. The van der Waals surface area contributed by atoms with Gasteiger partial charge in [0, 0.05) is 11.9 Å². The minimum atomic E-state index is -0.213. The first-order valence-electron chi connectivity index (χ1n) is 7.43. The molecule has 2 aromatic carbocycles. The van der Waals surface area contributed by atoms with E-state index < -0.39 is 0 Å². The average molecular weight is 385 g/mol. The van der Waals surface area contributed by atoms with E-state index in [1.54, 1.807) is 6.07 Å². The smallest absolute Gasteiger partial charge is 0.270 e. The second-order valence-corrected chi connectivity index (χ2v) is 6.24. The van der Waals surface area contributed by atoms with Crippen LogP contribution in [-0.2, 0) is 6.54 Å². The van der Waals surface area contributed by atoms with E-state index in [4.69, 9.17) is 9.47 Å². The Morgan fingerprint density at radius 2 is 2.04 bits per heavy atom. The molecule has 2 heterocycles. The van der Waals surface area contributed by atoms with Gasteiger partial charge in [0.2, 0.25) is 6.79 Å². The third kappa shape index (κ3) is 2.80. The number of nitrogens with one attached hydrogen (secondary N) is 1. The van der Waals surface area contributed by atoms with Gasteiger partial charge in [-0.2, -0.15) is 0 Å². The van der Waals surface area contributed by atoms with Gasteiger partial charge in [0.15, 0.2) is 11.5 Å². The van der Waals surface area contributed by atoms with Crippen LogP contribution in [0.1, 0.15) is 16.1 Å². The van der Waals surface area contributed by atoms with Crippen molar-refractivity contribution in [2.75, 3.05) is 6.79 Å². The van der Waals surface area contributed by atoms with Crippen molar-refractivity contribution in [2.24, 2.45) is 0 Å². The molecule has 1 aliphatic heterocycles. The second-order valence-electron chi connectivity index (χ2n) is 5.38. The summed E-state index contributed by atoms with van der Waals surface area (Å²) in [5.41, 5.74) is 2.12. The van der Waals surface area contributed by atoms with E-state index in [0.717, 1.165) is 20.9 Å². The van der Waals surface area contributed by atoms with Gasteiger partial charge in [-0.15, -0.1) is 0 Å². The summed E-state index contributed by atoms with van der Waals surface area (Å²) in [6, 6.07) is 15.1. The fraction of sp³-hybridized carbons (Fsp3) is 0.111. The number of hydrogen-bond donors (Lipinski definition) is 1. The summed E-state index contributed by atoms with van der Waals surface area (Å²) in [6.07, 6.45) is 0. The average Bonchev–Trinajstić information content (AvgIpc) is 3.08. The summed E-state index contributed by atoms with van der Waals surface area (Å²) in [6.45, 7) is 0.591. The number of amides is 1. The molecule has 0 saturated heterocycles. The topological polar surface area (TPSA) is 60.5 Å². The van der Waals surface area contributed by atoms with Crippen LogP contribution in [0, 0.1) is 0 Å². The Bertz CT molecular complexity index is 943. The molecule has 0 atom stereocenters. The number of carbonyl (C=O) groups is 1. The summed E-state index contributed by atoms with van der Waals surface area (Å²) >= 11 is 3.45. The van der Waals surface area contributed by atoms with Crippen molar-refractivity contribution in [3.63, 3.8) is 0 Å². The van der Waals surface area contributed by atoms with Crippen LogP contribution in [0.4, 0.5) is 0 Å². The van der Waals surface area contributed by atoms with Crippen LogP contribution in [0.5, 0.6) is 11.5 Å². The van der Waals surface area contributed by atoms with Crippen molar-refractivity contribution < 1.29 is 14.3 Å². The lowest BCUT2D eigenvalue weighted by Crippen LogP contribution is -2.23. The molecule has 1 aromatic heterocycles. The van der Waals surface area contributed by atoms with Gasteiger partial charge in [-0.1, -0.05) is 24.3 Å². The zero-order valence-corrected chi connectivity index (χ0v) is 14.2. The number of halogens is 1.